The fourth-order valence-corrected chi connectivity index (χ4v) is 2.36. The van der Waals surface area contributed by atoms with Crippen LogP contribution in [0, 0.1) is 0 Å². The summed E-state index contributed by atoms with van der Waals surface area (Å²) in [6.07, 6.45) is -0.462. The van der Waals surface area contributed by atoms with E-state index < -0.39 is 6.10 Å². The second-order valence-corrected chi connectivity index (χ2v) is 5.01. The first-order chi connectivity index (χ1) is 9.74. The number of rotatable bonds is 7. The van der Waals surface area contributed by atoms with Crippen LogP contribution in [0.25, 0.3) is 10.8 Å². The van der Waals surface area contributed by atoms with Gasteiger partial charge >= 0.3 is 0 Å². The lowest BCUT2D eigenvalue weighted by Gasteiger charge is -2.23. The normalized spacial score (nSPS) is 13.0. The number of nitrogens with zero attached hydrogens (tertiary/aromatic N) is 1. The summed E-state index contributed by atoms with van der Waals surface area (Å²) in [5.74, 6) is 0. The minimum Gasteiger partial charge on any atom is -0.387 e. The van der Waals surface area contributed by atoms with Crippen LogP contribution in [0.1, 0.15) is 18.6 Å². The second kappa shape index (κ2) is 7.39. The highest BCUT2D eigenvalue weighted by Crippen LogP contribution is 2.21. The minimum atomic E-state index is -0.462. The maximum absolute atomic E-state index is 10.4. The molecule has 1 atom stereocenters. The third-order valence-corrected chi connectivity index (χ3v) is 3.65. The first-order valence-electron chi connectivity index (χ1n) is 7.12. The molecule has 1 N–H and O–H groups in total. The number of likely N-dealkylation sites (N-methyl/N-ethyl adjacent to an activating group) is 1. The van der Waals surface area contributed by atoms with Crippen molar-refractivity contribution in [2.75, 3.05) is 33.4 Å². The van der Waals surface area contributed by atoms with E-state index in [2.05, 4.69) is 36.1 Å². The standard InChI is InChI=1S/C17H23NO2/c1-3-18(10-11-20-2)13-17(19)16-9-8-14-6-4-5-7-15(14)12-16/h4-9,12,17,19H,3,10-11,13H2,1-2H3. The average Bonchev–Trinajstić information content (AvgIpc) is 2.50. The van der Waals surface area contributed by atoms with Gasteiger partial charge in [-0.3, -0.25) is 4.90 Å². The molecule has 0 amide bonds. The fraction of sp³-hybridized carbons (Fsp3) is 0.412. The predicted octanol–water partition coefficient (Wildman–Crippen LogP) is 2.84. The quantitative estimate of drug-likeness (QED) is 0.842. The molecule has 0 saturated heterocycles. The third kappa shape index (κ3) is 3.79. The van der Waals surface area contributed by atoms with Crippen LogP contribution in [-0.4, -0.2) is 43.4 Å². The van der Waals surface area contributed by atoms with Crippen molar-refractivity contribution in [2.24, 2.45) is 0 Å². The van der Waals surface area contributed by atoms with Crippen molar-refractivity contribution in [3.05, 3.63) is 48.0 Å². The highest BCUT2D eigenvalue weighted by Gasteiger charge is 2.12. The number of hydrogen-bond acceptors (Lipinski definition) is 3. The molecule has 0 radical (unpaired) electrons. The molecule has 2 aromatic rings. The summed E-state index contributed by atoms with van der Waals surface area (Å²) in [6.45, 7) is 5.19. The Bertz CT molecular complexity index is 541. The van der Waals surface area contributed by atoms with Crippen molar-refractivity contribution < 1.29 is 9.84 Å². The molecule has 0 aromatic heterocycles. The summed E-state index contributed by atoms with van der Waals surface area (Å²) in [5.41, 5.74) is 0.972. The highest BCUT2D eigenvalue weighted by molar-refractivity contribution is 5.83. The van der Waals surface area contributed by atoms with Gasteiger partial charge in [-0.1, -0.05) is 43.3 Å². The van der Waals surface area contributed by atoms with E-state index in [4.69, 9.17) is 4.74 Å². The smallest absolute Gasteiger partial charge is 0.0917 e. The average molecular weight is 273 g/mol. The SMILES string of the molecule is CCN(CCOC)CC(O)c1ccc2ccccc2c1. The molecular formula is C17H23NO2. The molecular weight excluding hydrogens is 250 g/mol. The summed E-state index contributed by atoms with van der Waals surface area (Å²) in [7, 11) is 1.70. The summed E-state index contributed by atoms with van der Waals surface area (Å²) in [6, 6.07) is 14.4. The van der Waals surface area contributed by atoms with Crippen LogP contribution in [0.2, 0.25) is 0 Å². The van der Waals surface area contributed by atoms with Gasteiger partial charge in [-0.05, 0) is 28.9 Å². The number of ether oxygens (including phenoxy) is 1. The van der Waals surface area contributed by atoms with Crippen LogP contribution >= 0.6 is 0 Å². The molecule has 0 bridgehead atoms. The zero-order valence-corrected chi connectivity index (χ0v) is 12.2. The Labute approximate surface area is 120 Å². The summed E-state index contributed by atoms with van der Waals surface area (Å²) >= 11 is 0. The first kappa shape index (κ1) is 15.0. The number of fused-ring (bicyclic) bond motifs is 1. The van der Waals surface area contributed by atoms with E-state index in [-0.39, 0.29) is 0 Å². The van der Waals surface area contributed by atoms with Crippen molar-refractivity contribution in [2.45, 2.75) is 13.0 Å². The fourth-order valence-electron chi connectivity index (χ4n) is 2.36. The molecule has 0 aliphatic carbocycles. The minimum absolute atomic E-state index is 0.462. The largest absolute Gasteiger partial charge is 0.387 e. The van der Waals surface area contributed by atoms with Crippen LogP contribution in [0.4, 0.5) is 0 Å². The number of methoxy groups -OCH3 is 1. The van der Waals surface area contributed by atoms with Gasteiger partial charge in [0.05, 0.1) is 12.7 Å². The predicted molar refractivity (Wildman–Crippen MR) is 82.9 cm³/mol. The van der Waals surface area contributed by atoms with Gasteiger partial charge in [0.1, 0.15) is 0 Å². The van der Waals surface area contributed by atoms with E-state index in [1.54, 1.807) is 7.11 Å². The molecule has 2 rings (SSSR count). The van der Waals surface area contributed by atoms with Gasteiger partial charge in [-0.15, -0.1) is 0 Å². The molecule has 0 aliphatic rings. The molecule has 3 nitrogen and oxygen atoms in total. The number of benzene rings is 2. The Hall–Kier alpha value is -1.42. The van der Waals surface area contributed by atoms with Crippen molar-refractivity contribution in [1.82, 2.24) is 4.90 Å². The topological polar surface area (TPSA) is 32.7 Å². The van der Waals surface area contributed by atoms with Crippen LogP contribution in [-0.2, 0) is 4.74 Å². The van der Waals surface area contributed by atoms with Gasteiger partial charge < -0.3 is 9.84 Å². The molecule has 1 unspecified atom stereocenters. The van der Waals surface area contributed by atoms with Gasteiger partial charge in [0.2, 0.25) is 0 Å². The Morgan fingerprint density at radius 3 is 2.60 bits per heavy atom. The van der Waals surface area contributed by atoms with Crippen LogP contribution in [0.3, 0.4) is 0 Å². The summed E-state index contributed by atoms with van der Waals surface area (Å²) in [4.78, 5) is 2.20. The molecule has 0 fully saturated rings. The lowest BCUT2D eigenvalue weighted by Crippen LogP contribution is -2.31. The summed E-state index contributed by atoms with van der Waals surface area (Å²) in [5, 5.41) is 12.8. The molecule has 108 valence electrons. The molecule has 2 aromatic carbocycles. The molecule has 0 saturated carbocycles. The zero-order chi connectivity index (χ0) is 14.4. The summed E-state index contributed by atoms with van der Waals surface area (Å²) < 4.78 is 5.10. The van der Waals surface area contributed by atoms with Crippen molar-refractivity contribution in [3.8, 4) is 0 Å². The third-order valence-electron chi connectivity index (χ3n) is 3.65. The second-order valence-electron chi connectivity index (χ2n) is 5.01. The van der Waals surface area contributed by atoms with Gasteiger partial charge in [-0.25, -0.2) is 0 Å². The maximum Gasteiger partial charge on any atom is 0.0917 e. The van der Waals surface area contributed by atoms with E-state index >= 15 is 0 Å². The van der Waals surface area contributed by atoms with E-state index in [1.807, 2.05) is 18.2 Å². The van der Waals surface area contributed by atoms with Crippen molar-refractivity contribution in [1.29, 1.82) is 0 Å². The first-order valence-corrected chi connectivity index (χ1v) is 7.12. The molecule has 20 heavy (non-hydrogen) atoms. The van der Waals surface area contributed by atoms with Gasteiger partial charge in [0, 0.05) is 20.2 Å². The van der Waals surface area contributed by atoms with E-state index in [0.29, 0.717) is 13.2 Å². The monoisotopic (exact) mass is 273 g/mol. The van der Waals surface area contributed by atoms with E-state index in [9.17, 15) is 5.11 Å². The number of hydrogen-bond donors (Lipinski definition) is 1. The Morgan fingerprint density at radius 2 is 1.90 bits per heavy atom. The lowest BCUT2D eigenvalue weighted by molar-refractivity contribution is 0.0921. The molecule has 0 heterocycles. The van der Waals surface area contributed by atoms with E-state index in [0.717, 1.165) is 18.7 Å². The number of aliphatic hydroxyl groups excluding tert-OH is 1. The van der Waals surface area contributed by atoms with Crippen molar-refractivity contribution >= 4 is 10.8 Å². The lowest BCUT2D eigenvalue weighted by atomic mass is 10.0. The molecule has 3 heteroatoms. The van der Waals surface area contributed by atoms with Gasteiger partial charge in [-0.2, -0.15) is 0 Å². The molecule has 0 spiro atoms. The maximum atomic E-state index is 10.4. The Kier molecular flexibility index (Phi) is 5.53. The van der Waals surface area contributed by atoms with Crippen LogP contribution < -0.4 is 0 Å². The van der Waals surface area contributed by atoms with Crippen molar-refractivity contribution in [3.63, 3.8) is 0 Å². The highest BCUT2D eigenvalue weighted by atomic mass is 16.5. The van der Waals surface area contributed by atoms with E-state index in [1.165, 1.54) is 10.8 Å². The van der Waals surface area contributed by atoms with Gasteiger partial charge in [0.15, 0.2) is 0 Å². The molecule has 0 aliphatic heterocycles. The number of aliphatic hydroxyl groups is 1. The zero-order valence-electron chi connectivity index (χ0n) is 12.2. The Balaban J connectivity index is 2.07. The van der Waals surface area contributed by atoms with Crippen LogP contribution in [0.15, 0.2) is 42.5 Å². The Morgan fingerprint density at radius 1 is 1.15 bits per heavy atom. The van der Waals surface area contributed by atoms with Crippen LogP contribution in [0.5, 0.6) is 0 Å². The van der Waals surface area contributed by atoms with Gasteiger partial charge in [0.25, 0.3) is 0 Å².